The van der Waals surface area contributed by atoms with Crippen LogP contribution in [0.4, 0.5) is 13.2 Å². The molecule has 0 aromatic carbocycles. The van der Waals surface area contributed by atoms with Crippen molar-refractivity contribution < 1.29 is 17.9 Å². The van der Waals surface area contributed by atoms with Crippen LogP contribution >= 0.6 is 0 Å². The first-order valence-electron chi connectivity index (χ1n) is 6.89. The third-order valence-electron chi connectivity index (χ3n) is 3.58. The second-order valence-electron chi connectivity index (χ2n) is 4.98. The lowest BCUT2D eigenvalue weighted by Gasteiger charge is -2.28. The number of alkyl halides is 3. The maximum absolute atomic E-state index is 12.3. The van der Waals surface area contributed by atoms with Crippen LogP contribution in [0.2, 0.25) is 0 Å². The lowest BCUT2D eigenvalue weighted by molar-refractivity contribution is -0.137. The lowest BCUT2D eigenvalue weighted by atomic mass is 9.88. The highest BCUT2D eigenvalue weighted by Crippen LogP contribution is 2.31. The molecule has 5 heteroatoms. The Morgan fingerprint density at radius 2 is 2.06 bits per heavy atom. The van der Waals surface area contributed by atoms with Crippen molar-refractivity contribution in [2.45, 2.75) is 64.3 Å². The second-order valence-corrected chi connectivity index (χ2v) is 4.98. The van der Waals surface area contributed by atoms with Gasteiger partial charge in [-0.25, -0.2) is 0 Å². The maximum Gasteiger partial charge on any atom is 0.389 e. The molecule has 1 N–H and O–H groups in total. The highest BCUT2D eigenvalue weighted by Gasteiger charge is 2.36. The summed E-state index contributed by atoms with van der Waals surface area (Å²) in [6, 6.07) is -0.0703. The highest BCUT2D eigenvalue weighted by atomic mass is 19.4. The van der Waals surface area contributed by atoms with Crippen molar-refractivity contribution in [2.24, 2.45) is 5.92 Å². The average molecular weight is 267 g/mol. The predicted molar refractivity (Wildman–Crippen MR) is 65.5 cm³/mol. The summed E-state index contributed by atoms with van der Waals surface area (Å²) in [7, 11) is 0. The molecule has 1 fully saturated rings. The number of hydrogen-bond acceptors (Lipinski definition) is 2. The smallest absolute Gasteiger partial charge is 0.378 e. The van der Waals surface area contributed by atoms with Gasteiger partial charge in [0.05, 0.1) is 6.10 Å². The van der Waals surface area contributed by atoms with Crippen LogP contribution in [0, 0.1) is 5.92 Å². The molecule has 0 aromatic rings. The zero-order valence-electron chi connectivity index (χ0n) is 11.2. The van der Waals surface area contributed by atoms with Gasteiger partial charge in [-0.3, -0.25) is 0 Å². The molecule has 3 atom stereocenters. The normalized spacial score (nSPS) is 26.5. The molecule has 0 amide bonds. The summed E-state index contributed by atoms with van der Waals surface area (Å²) >= 11 is 0. The second kappa shape index (κ2) is 7.34. The number of nitrogens with one attached hydrogen (secondary N) is 1. The first kappa shape index (κ1) is 15.8. The Hall–Kier alpha value is -0.290. The molecule has 18 heavy (non-hydrogen) atoms. The third kappa shape index (κ3) is 5.14. The van der Waals surface area contributed by atoms with Crippen molar-refractivity contribution in [1.29, 1.82) is 0 Å². The minimum atomic E-state index is -4.06. The molecule has 1 aliphatic heterocycles. The van der Waals surface area contributed by atoms with Gasteiger partial charge in [-0.15, -0.1) is 0 Å². The molecule has 1 rings (SSSR count). The van der Waals surface area contributed by atoms with Crippen LogP contribution in [-0.4, -0.2) is 31.5 Å². The van der Waals surface area contributed by atoms with Gasteiger partial charge in [-0.1, -0.05) is 13.8 Å². The Kier molecular flexibility index (Phi) is 6.43. The van der Waals surface area contributed by atoms with Gasteiger partial charge in [0.15, 0.2) is 0 Å². The fourth-order valence-corrected chi connectivity index (χ4v) is 2.66. The van der Waals surface area contributed by atoms with Crippen molar-refractivity contribution in [3.05, 3.63) is 0 Å². The van der Waals surface area contributed by atoms with Crippen LogP contribution < -0.4 is 5.32 Å². The Bertz CT molecular complexity index is 233. The van der Waals surface area contributed by atoms with Gasteiger partial charge < -0.3 is 10.1 Å². The van der Waals surface area contributed by atoms with E-state index in [1.54, 1.807) is 0 Å². The van der Waals surface area contributed by atoms with Crippen LogP contribution in [-0.2, 0) is 4.74 Å². The molecule has 0 bridgehead atoms. The highest BCUT2D eigenvalue weighted by molar-refractivity contribution is 4.86. The lowest BCUT2D eigenvalue weighted by Crippen LogP contribution is -2.41. The fourth-order valence-electron chi connectivity index (χ4n) is 2.66. The molecule has 1 heterocycles. The van der Waals surface area contributed by atoms with Crippen molar-refractivity contribution in [3.8, 4) is 0 Å². The molecular formula is C13H24F3NO. The fraction of sp³-hybridized carbons (Fsp3) is 1.00. The van der Waals surface area contributed by atoms with Gasteiger partial charge in [-0.2, -0.15) is 13.2 Å². The van der Waals surface area contributed by atoms with E-state index in [1.165, 1.54) is 0 Å². The molecule has 0 aliphatic carbocycles. The van der Waals surface area contributed by atoms with E-state index in [0.717, 1.165) is 25.8 Å². The van der Waals surface area contributed by atoms with E-state index in [-0.39, 0.29) is 24.5 Å². The van der Waals surface area contributed by atoms with E-state index in [4.69, 9.17) is 4.74 Å². The molecule has 0 spiro atoms. The zero-order chi connectivity index (χ0) is 13.6. The summed E-state index contributed by atoms with van der Waals surface area (Å²) in [5, 5.41) is 3.27. The van der Waals surface area contributed by atoms with Crippen molar-refractivity contribution in [2.75, 3.05) is 13.2 Å². The summed E-state index contributed by atoms with van der Waals surface area (Å²) in [6.07, 6.45) is -1.80. The quantitative estimate of drug-likeness (QED) is 0.762. The van der Waals surface area contributed by atoms with Gasteiger partial charge in [0, 0.05) is 25.0 Å². The largest absolute Gasteiger partial charge is 0.389 e. The number of ether oxygens (including phenoxy) is 1. The first-order valence-corrected chi connectivity index (χ1v) is 6.89. The SMILES string of the molecule is CCCNC(CCC(F)(F)F)C1CCOC1CC. The Morgan fingerprint density at radius 3 is 2.61 bits per heavy atom. The van der Waals surface area contributed by atoms with Crippen molar-refractivity contribution in [1.82, 2.24) is 5.32 Å². The van der Waals surface area contributed by atoms with E-state index in [9.17, 15) is 13.2 Å². The maximum atomic E-state index is 12.3. The third-order valence-corrected chi connectivity index (χ3v) is 3.58. The molecule has 108 valence electrons. The summed E-state index contributed by atoms with van der Waals surface area (Å²) in [4.78, 5) is 0. The van der Waals surface area contributed by atoms with Crippen LogP contribution in [0.3, 0.4) is 0 Å². The number of halogens is 3. The predicted octanol–water partition coefficient (Wildman–Crippen LogP) is 3.51. The molecule has 2 nitrogen and oxygen atoms in total. The van der Waals surface area contributed by atoms with Gasteiger partial charge in [0.2, 0.25) is 0 Å². The van der Waals surface area contributed by atoms with Gasteiger partial charge in [-0.05, 0) is 32.2 Å². The average Bonchev–Trinajstić information content (AvgIpc) is 2.76. The Morgan fingerprint density at radius 1 is 1.33 bits per heavy atom. The molecular weight excluding hydrogens is 243 g/mol. The van der Waals surface area contributed by atoms with E-state index < -0.39 is 12.6 Å². The van der Waals surface area contributed by atoms with E-state index in [0.29, 0.717) is 6.61 Å². The van der Waals surface area contributed by atoms with Gasteiger partial charge in [0.25, 0.3) is 0 Å². The molecule has 0 aromatic heterocycles. The monoisotopic (exact) mass is 267 g/mol. The Balaban J connectivity index is 2.53. The number of hydrogen-bond donors (Lipinski definition) is 1. The Labute approximate surface area is 107 Å². The first-order chi connectivity index (χ1) is 8.48. The minimum absolute atomic E-state index is 0.0703. The van der Waals surface area contributed by atoms with E-state index in [1.807, 2.05) is 13.8 Å². The van der Waals surface area contributed by atoms with Gasteiger partial charge >= 0.3 is 6.18 Å². The standard InChI is InChI=1S/C13H24F3NO/c1-3-8-17-11(5-7-13(14,15)16)10-6-9-18-12(10)4-2/h10-12,17H,3-9H2,1-2H3. The van der Waals surface area contributed by atoms with Crippen LogP contribution in [0.5, 0.6) is 0 Å². The van der Waals surface area contributed by atoms with Crippen molar-refractivity contribution in [3.63, 3.8) is 0 Å². The molecule has 3 unspecified atom stereocenters. The van der Waals surface area contributed by atoms with Crippen LogP contribution in [0.1, 0.15) is 46.0 Å². The minimum Gasteiger partial charge on any atom is -0.378 e. The number of rotatable bonds is 7. The molecule has 1 saturated heterocycles. The molecule has 0 radical (unpaired) electrons. The van der Waals surface area contributed by atoms with Gasteiger partial charge in [0.1, 0.15) is 0 Å². The molecule has 0 saturated carbocycles. The summed E-state index contributed by atoms with van der Waals surface area (Å²) < 4.78 is 42.6. The summed E-state index contributed by atoms with van der Waals surface area (Å²) in [5.74, 6) is 0.226. The zero-order valence-corrected chi connectivity index (χ0v) is 11.2. The van der Waals surface area contributed by atoms with Crippen molar-refractivity contribution >= 4 is 0 Å². The topological polar surface area (TPSA) is 21.3 Å². The van der Waals surface area contributed by atoms with Crippen LogP contribution in [0.25, 0.3) is 0 Å². The van der Waals surface area contributed by atoms with E-state index in [2.05, 4.69) is 5.32 Å². The summed E-state index contributed by atoms with van der Waals surface area (Å²) in [6.45, 7) is 5.51. The molecule has 1 aliphatic rings. The summed E-state index contributed by atoms with van der Waals surface area (Å²) in [5.41, 5.74) is 0. The van der Waals surface area contributed by atoms with E-state index >= 15 is 0 Å². The van der Waals surface area contributed by atoms with Crippen LogP contribution in [0.15, 0.2) is 0 Å².